The molecule has 0 saturated carbocycles. The number of hydrogen-bond acceptors (Lipinski definition) is 5. The van der Waals surface area contributed by atoms with Crippen LogP contribution < -0.4 is 10.1 Å². The number of nitrogens with one attached hydrogen (secondary N) is 1. The average molecular weight is 380 g/mol. The summed E-state index contributed by atoms with van der Waals surface area (Å²) in [6.07, 6.45) is 0. The topological polar surface area (TPSA) is 105 Å². The maximum absolute atomic E-state index is 12.5. The van der Waals surface area contributed by atoms with Crippen molar-refractivity contribution in [3.8, 4) is 5.75 Å². The first kappa shape index (κ1) is 19.5. The number of hydrogen-bond donors (Lipinski definition) is 2. The molecule has 0 fully saturated rings. The number of rotatable bonds is 7. The van der Waals surface area contributed by atoms with E-state index in [0.717, 1.165) is 5.56 Å². The molecule has 0 unspecified atom stereocenters. The summed E-state index contributed by atoms with van der Waals surface area (Å²) in [6.45, 7) is 0.0506. The molecule has 2 rings (SSSR count). The predicted molar refractivity (Wildman–Crippen MR) is 97.6 cm³/mol. The summed E-state index contributed by atoms with van der Waals surface area (Å²) < 4.78 is 5.27. The van der Waals surface area contributed by atoms with Crippen molar-refractivity contribution in [2.45, 2.75) is 6.54 Å². The molecule has 26 heavy (non-hydrogen) atoms. The first-order valence-corrected chi connectivity index (χ1v) is 8.06. The van der Waals surface area contributed by atoms with Gasteiger partial charge in [-0.2, -0.15) is 0 Å². The second-order valence-electron chi connectivity index (χ2n) is 5.31. The van der Waals surface area contributed by atoms with Crippen LogP contribution in [0.4, 0.5) is 16.2 Å². The van der Waals surface area contributed by atoms with Crippen molar-refractivity contribution in [1.82, 2.24) is 4.90 Å². The van der Waals surface area contributed by atoms with Gasteiger partial charge in [0.05, 0.1) is 25.2 Å². The number of aliphatic hydroxyl groups is 1. The molecule has 2 amide bonds. The molecule has 0 spiro atoms. The summed E-state index contributed by atoms with van der Waals surface area (Å²) >= 11 is 5.77. The molecule has 0 heterocycles. The quantitative estimate of drug-likeness (QED) is 0.567. The fraction of sp³-hybridized carbons (Fsp3) is 0.235. The first-order valence-electron chi connectivity index (χ1n) is 7.69. The van der Waals surface area contributed by atoms with Gasteiger partial charge in [0.25, 0.3) is 5.69 Å². The van der Waals surface area contributed by atoms with E-state index in [1.807, 2.05) is 18.2 Å². The number of ether oxygens (including phenoxy) is 1. The van der Waals surface area contributed by atoms with Crippen LogP contribution in [0.2, 0.25) is 5.02 Å². The lowest BCUT2D eigenvalue weighted by Gasteiger charge is -2.23. The highest BCUT2D eigenvalue weighted by molar-refractivity contribution is 6.32. The van der Waals surface area contributed by atoms with E-state index in [9.17, 15) is 20.0 Å². The van der Waals surface area contributed by atoms with Crippen molar-refractivity contribution in [1.29, 1.82) is 0 Å². The Morgan fingerprint density at radius 3 is 2.73 bits per heavy atom. The van der Waals surface area contributed by atoms with Crippen LogP contribution in [0.15, 0.2) is 42.5 Å². The minimum Gasteiger partial charge on any atom is -0.496 e. The maximum atomic E-state index is 12.5. The van der Waals surface area contributed by atoms with Crippen molar-refractivity contribution in [2.75, 3.05) is 25.6 Å². The first-order chi connectivity index (χ1) is 12.5. The van der Waals surface area contributed by atoms with E-state index < -0.39 is 11.0 Å². The van der Waals surface area contributed by atoms with E-state index in [2.05, 4.69) is 5.32 Å². The van der Waals surface area contributed by atoms with Crippen molar-refractivity contribution < 1.29 is 19.6 Å². The molecule has 8 nitrogen and oxygen atoms in total. The van der Waals surface area contributed by atoms with E-state index in [-0.39, 0.29) is 36.1 Å². The molecule has 0 aliphatic heterocycles. The molecule has 138 valence electrons. The van der Waals surface area contributed by atoms with E-state index in [0.29, 0.717) is 5.75 Å². The molecule has 0 atom stereocenters. The second kappa shape index (κ2) is 9.02. The number of nitro benzene ring substituents is 1. The molecule has 0 aliphatic rings. The number of amides is 2. The van der Waals surface area contributed by atoms with Crippen LogP contribution in [0.1, 0.15) is 5.56 Å². The Bertz CT molecular complexity index is 800. The standard InChI is InChI=1S/C17H18ClN3O5/c1-26-16-5-3-2-4-12(16)11-20(8-9-22)17(23)19-13-6-7-14(18)15(10-13)21(24)25/h2-7,10,22H,8-9,11H2,1H3,(H,19,23). The van der Waals surface area contributed by atoms with Crippen molar-refractivity contribution in [3.05, 3.63) is 63.2 Å². The minimum absolute atomic E-state index is 0.0192. The fourth-order valence-electron chi connectivity index (χ4n) is 2.35. The smallest absolute Gasteiger partial charge is 0.322 e. The number of methoxy groups -OCH3 is 1. The number of carbonyl (C=O) groups is 1. The van der Waals surface area contributed by atoms with Gasteiger partial charge in [-0.25, -0.2) is 4.79 Å². The van der Waals surface area contributed by atoms with Crippen LogP contribution >= 0.6 is 11.6 Å². The summed E-state index contributed by atoms with van der Waals surface area (Å²) in [4.78, 5) is 24.2. The second-order valence-corrected chi connectivity index (χ2v) is 5.72. The summed E-state index contributed by atoms with van der Waals surface area (Å²) in [7, 11) is 1.53. The van der Waals surface area contributed by atoms with E-state index in [1.54, 1.807) is 6.07 Å². The van der Waals surface area contributed by atoms with Gasteiger partial charge < -0.3 is 20.1 Å². The number of nitrogens with zero attached hydrogens (tertiary/aromatic N) is 2. The Morgan fingerprint density at radius 2 is 2.08 bits per heavy atom. The lowest BCUT2D eigenvalue weighted by molar-refractivity contribution is -0.384. The summed E-state index contributed by atoms with van der Waals surface area (Å²) in [5.41, 5.74) is 0.692. The van der Waals surface area contributed by atoms with Gasteiger partial charge in [-0.1, -0.05) is 29.8 Å². The zero-order valence-corrected chi connectivity index (χ0v) is 14.8. The van der Waals surface area contributed by atoms with Crippen LogP contribution in [0.25, 0.3) is 0 Å². The molecule has 9 heteroatoms. The van der Waals surface area contributed by atoms with Crippen LogP contribution in [0.5, 0.6) is 5.75 Å². The normalized spacial score (nSPS) is 10.3. The number of carbonyl (C=O) groups excluding carboxylic acids is 1. The lowest BCUT2D eigenvalue weighted by Crippen LogP contribution is -2.36. The van der Waals surface area contributed by atoms with Crippen LogP contribution in [-0.4, -0.2) is 41.2 Å². The van der Waals surface area contributed by atoms with Gasteiger partial charge in [-0.05, 0) is 18.2 Å². The van der Waals surface area contributed by atoms with E-state index >= 15 is 0 Å². The third kappa shape index (κ3) is 4.84. The maximum Gasteiger partial charge on any atom is 0.322 e. The molecule has 0 saturated heterocycles. The SMILES string of the molecule is COc1ccccc1CN(CCO)C(=O)Nc1ccc(Cl)c([N+](=O)[O-])c1. The Morgan fingerprint density at radius 1 is 1.35 bits per heavy atom. The highest BCUT2D eigenvalue weighted by Crippen LogP contribution is 2.27. The fourth-order valence-corrected chi connectivity index (χ4v) is 2.53. The number of anilines is 1. The molecular formula is C17H18ClN3O5. The summed E-state index contributed by atoms with van der Waals surface area (Å²) in [5.74, 6) is 0.616. The van der Waals surface area contributed by atoms with Gasteiger partial charge in [0.15, 0.2) is 0 Å². The number of nitro groups is 1. The zero-order chi connectivity index (χ0) is 19.1. The van der Waals surface area contributed by atoms with Gasteiger partial charge >= 0.3 is 6.03 Å². The number of benzene rings is 2. The zero-order valence-electron chi connectivity index (χ0n) is 14.0. The van der Waals surface area contributed by atoms with Gasteiger partial charge in [-0.15, -0.1) is 0 Å². The van der Waals surface area contributed by atoms with E-state index in [4.69, 9.17) is 16.3 Å². The van der Waals surface area contributed by atoms with Crippen LogP contribution in [0.3, 0.4) is 0 Å². The van der Waals surface area contributed by atoms with E-state index in [1.165, 1.54) is 30.2 Å². The minimum atomic E-state index is -0.627. The number of urea groups is 1. The van der Waals surface area contributed by atoms with Gasteiger partial charge in [0.2, 0.25) is 0 Å². The summed E-state index contributed by atoms with van der Waals surface area (Å²) in [6, 6.07) is 10.7. The lowest BCUT2D eigenvalue weighted by atomic mass is 10.2. The Kier molecular flexibility index (Phi) is 6.76. The number of halogens is 1. The Hall–Kier alpha value is -2.84. The van der Waals surface area contributed by atoms with Gasteiger partial charge in [0, 0.05) is 23.9 Å². The predicted octanol–water partition coefficient (Wildman–Crippen LogP) is 3.28. The molecule has 0 aliphatic carbocycles. The number of para-hydroxylation sites is 1. The molecular weight excluding hydrogens is 362 g/mol. The number of aliphatic hydroxyl groups excluding tert-OH is 1. The monoisotopic (exact) mass is 379 g/mol. The third-order valence-corrected chi connectivity index (χ3v) is 3.92. The van der Waals surface area contributed by atoms with Crippen molar-refractivity contribution in [3.63, 3.8) is 0 Å². The highest BCUT2D eigenvalue weighted by Gasteiger charge is 2.18. The average Bonchev–Trinajstić information content (AvgIpc) is 2.63. The molecule has 2 aromatic rings. The largest absolute Gasteiger partial charge is 0.496 e. The molecule has 0 aromatic heterocycles. The van der Waals surface area contributed by atoms with Crippen molar-refractivity contribution in [2.24, 2.45) is 0 Å². The van der Waals surface area contributed by atoms with Crippen LogP contribution in [0, 0.1) is 10.1 Å². The van der Waals surface area contributed by atoms with Crippen molar-refractivity contribution >= 4 is 29.0 Å². The van der Waals surface area contributed by atoms with Gasteiger partial charge in [0.1, 0.15) is 10.8 Å². The highest BCUT2D eigenvalue weighted by atomic mass is 35.5. The Labute approximate surface area is 155 Å². The van der Waals surface area contributed by atoms with Gasteiger partial charge in [-0.3, -0.25) is 10.1 Å². The third-order valence-electron chi connectivity index (χ3n) is 3.60. The summed E-state index contributed by atoms with van der Waals surface area (Å²) in [5, 5.41) is 22.8. The molecule has 2 aromatic carbocycles. The molecule has 0 radical (unpaired) electrons. The van der Waals surface area contributed by atoms with Crippen LogP contribution in [-0.2, 0) is 6.54 Å². The molecule has 2 N–H and O–H groups in total. The molecule has 0 bridgehead atoms. The Balaban J connectivity index is 2.18.